The molecule has 0 spiro atoms. The van der Waals surface area contributed by atoms with Crippen LogP contribution in [0.25, 0.3) is 0 Å². The summed E-state index contributed by atoms with van der Waals surface area (Å²) in [5.41, 5.74) is 6.26. The summed E-state index contributed by atoms with van der Waals surface area (Å²) in [7, 11) is 1.76. The molecule has 0 saturated heterocycles. The van der Waals surface area contributed by atoms with Crippen LogP contribution in [0.3, 0.4) is 0 Å². The van der Waals surface area contributed by atoms with Crippen molar-refractivity contribution >= 4 is 23.4 Å². The van der Waals surface area contributed by atoms with Gasteiger partial charge in [0, 0.05) is 22.9 Å². The molecule has 2 N–H and O–H groups in total. The van der Waals surface area contributed by atoms with E-state index in [4.69, 9.17) is 5.73 Å². The predicted octanol–water partition coefficient (Wildman–Crippen LogP) is 2.64. The van der Waals surface area contributed by atoms with Crippen LogP contribution in [0.4, 0.5) is 5.69 Å². The number of benzene rings is 1. The average molecular weight is 264 g/mol. The summed E-state index contributed by atoms with van der Waals surface area (Å²) in [6, 6.07) is 8.17. The fourth-order valence-electron chi connectivity index (χ4n) is 2.23. The van der Waals surface area contributed by atoms with Gasteiger partial charge in [-0.2, -0.15) is 0 Å². The Bertz CT molecular complexity index is 399. The minimum atomic E-state index is -0.0637. The monoisotopic (exact) mass is 264 g/mol. The van der Waals surface area contributed by atoms with Gasteiger partial charge < -0.3 is 10.6 Å². The summed E-state index contributed by atoms with van der Waals surface area (Å²) in [6.45, 7) is 0.0507. The van der Waals surface area contributed by atoms with Gasteiger partial charge >= 0.3 is 0 Å². The molecule has 1 saturated carbocycles. The van der Waals surface area contributed by atoms with E-state index >= 15 is 0 Å². The van der Waals surface area contributed by atoms with E-state index in [-0.39, 0.29) is 12.5 Å². The minimum absolute atomic E-state index is 0.0507. The summed E-state index contributed by atoms with van der Waals surface area (Å²) in [6.07, 6.45) is 5.39. The van der Waals surface area contributed by atoms with Crippen molar-refractivity contribution in [2.45, 2.75) is 35.8 Å². The molecule has 0 aromatic heterocycles. The van der Waals surface area contributed by atoms with Crippen molar-refractivity contribution in [3.8, 4) is 0 Å². The van der Waals surface area contributed by atoms with Gasteiger partial charge in [0.25, 0.3) is 0 Å². The first-order chi connectivity index (χ1) is 8.70. The smallest absolute Gasteiger partial charge is 0.240 e. The number of carbonyl (C=O) groups excluding carboxylic acids is 1. The minimum Gasteiger partial charge on any atom is -0.322 e. The van der Waals surface area contributed by atoms with E-state index < -0.39 is 0 Å². The fraction of sp³-hybridized carbons (Fsp3) is 0.500. The van der Waals surface area contributed by atoms with Crippen LogP contribution in [0.5, 0.6) is 0 Å². The molecule has 18 heavy (non-hydrogen) atoms. The molecule has 1 amide bonds. The lowest BCUT2D eigenvalue weighted by Crippen LogP contribution is -2.32. The van der Waals surface area contributed by atoms with Crippen LogP contribution in [0, 0.1) is 0 Å². The number of hydrogen-bond donors (Lipinski definition) is 1. The van der Waals surface area contributed by atoms with Gasteiger partial charge in [-0.15, -0.1) is 11.8 Å². The molecule has 1 aromatic carbocycles. The highest BCUT2D eigenvalue weighted by Crippen LogP contribution is 2.35. The van der Waals surface area contributed by atoms with Crippen molar-refractivity contribution in [1.29, 1.82) is 0 Å². The third-order valence-corrected chi connectivity index (χ3v) is 4.73. The number of likely N-dealkylation sites (N-methyl/N-ethyl adjacent to an activating group) is 1. The summed E-state index contributed by atoms with van der Waals surface area (Å²) in [5.74, 6) is -0.0637. The number of anilines is 1. The van der Waals surface area contributed by atoms with Crippen molar-refractivity contribution in [3.05, 3.63) is 24.3 Å². The summed E-state index contributed by atoms with van der Waals surface area (Å²) in [5, 5.41) is 0.777. The highest BCUT2D eigenvalue weighted by Gasteiger charge is 2.16. The van der Waals surface area contributed by atoms with Crippen LogP contribution in [-0.4, -0.2) is 24.7 Å². The molecule has 0 radical (unpaired) electrons. The molecule has 2 rings (SSSR count). The maximum Gasteiger partial charge on any atom is 0.240 e. The van der Waals surface area contributed by atoms with Gasteiger partial charge in [-0.3, -0.25) is 4.79 Å². The highest BCUT2D eigenvalue weighted by atomic mass is 32.2. The second-order valence-electron chi connectivity index (χ2n) is 4.68. The van der Waals surface area contributed by atoms with Gasteiger partial charge in [0.15, 0.2) is 0 Å². The van der Waals surface area contributed by atoms with Crippen LogP contribution in [0.2, 0.25) is 0 Å². The number of nitrogens with two attached hydrogens (primary N) is 1. The Kier molecular flexibility index (Phi) is 4.66. The van der Waals surface area contributed by atoms with Crippen molar-refractivity contribution in [1.82, 2.24) is 0 Å². The zero-order valence-corrected chi connectivity index (χ0v) is 11.6. The second kappa shape index (κ2) is 6.25. The Morgan fingerprint density at radius 3 is 2.50 bits per heavy atom. The van der Waals surface area contributed by atoms with Crippen LogP contribution < -0.4 is 10.6 Å². The number of hydrogen-bond acceptors (Lipinski definition) is 3. The lowest BCUT2D eigenvalue weighted by atomic mass is 10.3. The Labute approximate surface area is 113 Å². The van der Waals surface area contributed by atoms with E-state index in [1.54, 1.807) is 11.9 Å². The van der Waals surface area contributed by atoms with E-state index in [2.05, 4.69) is 12.1 Å². The summed E-state index contributed by atoms with van der Waals surface area (Å²) < 4.78 is 0. The first kappa shape index (κ1) is 13.4. The zero-order chi connectivity index (χ0) is 13.0. The topological polar surface area (TPSA) is 46.3 Å². The maximum absolute atomic E-state index is 11.5. The molecule has 0 bridgehead atoms. The van der Waals surface area contributed by atoms with Gasteiger partial charge in [-0.1, -0.05) is 12.8 Å². The first-order valence-corrected chi connectivity index (χ1v) is 7.32. The van der Waals surface area contributed by atoms with E-state index in [0.717, 1.165) is 10.9 Å². The second-order valence-corrected chi connectivity index (χ2v) is 6.05. The molecule has 1 fully saturated rings. The zero-order valence-electron chi connectivity index (χ0n) is 10.8. The fourth-order valence-corrected chi connectivity index (χ4v) is 3.48. The number of thioether (sulfide) groups is 1. The van der Waals surface area contributed by atoms with Crippen molar-refractivity contribution in [2.24, 2.45) is 5.73 Å². The number of rotatable bonds is 4. The van der Waals surface area contributed by atoms with Gasteiger partial charge in [0.05, 0.1) is 6.54 Å². The molecule has 1 aromatic rings. The predicted molar refractivity (Wildman–Crippen MR) is 77.0 cm³/mol. The van der Waals surface area contributed by atoms with Crippen LogP contribution in [-0.2, 0) is 4.79 Å². The lowest BCUT2D eigenvalue weighted by Gasteiger charge is -2.17. The molecule has 0 atom stereocenters. The molecule has 0 unspecified atom stereocenters. The summed E-state index contributed by atoms with van der Waals surface area (Å²) >= 11 is 1.96. The molecule has 1 aliphatic carbocycles. The Balaban J connectivity index is 1.98. The van der Waals surface area contributed by atoms with E-state index in [0.29, 0.717) is 0 Å². The van der Waals surface area contributed by atoms with Crippen molar-refractivity contribution < 1.29 is 4.79 Å². The van der Waals surface area contributed by atoms with E-state index in [9.17, 15) is 4.79 Å². The molecule has 4 heteroatoms. The maximum atomic E-state index is 11.5. The molecule has 0 heterocycles. The van der Waals surface area contributed by atoms with Crippen LogP contribution in [0.15, 0.2) is 29.2 Å². The average Bonchev–Trinajstić information content (AvgIpc) is 2.91. The van der Waals surface area contributed by atoms with E-state index in [1.807, 2.05) is 23.9 Å². The third kappa shape index (κ3) is 3.27. The number of amides is 1. The lowest BCUT2D eigenvalue weighted by molar-refractivity contribution is -0.117. The molecule has 3 nitrogen and oxygen atoms in total. The molecular weight excluding hydrogens is 244 g/mol. The SMILES string of the molecule is CN(C(=O)CN)c1ccc(SC2CCCC2)cc1. The highest BCUT2D eigenvalue weighted by molar-refractivity contribution is 8.00. The van der Waals surface area contributed by atoms with Crippen LogP contribution in [0.1, 0.15) is 25.7 Å². The first-order valence-electron chi connectivity index (χ1n) is 6.44. The van der Waals surface area contributed by atoms with E-state index in [1.165, 1.54) is 30.6 Å². The normalized spacial score (nSPS) is 15.9. The molecule has 1 aliphatic rings. The van der Waals surface area contributed by atoms with Crippen molar-refractivity contribution in [2.75, 3.05) is 18.5 Å². The largest absolute Gasteiger partial charge is 0.322 e. The Morgan fingerprint density at radius 1 is 1.33 bits per heavy atom. The molecule has 0 aliphatic heterocycles. The van der Waals surface area contributed by atoms with Crippen molar-refractivity contribution in [3.63, 3.8) is 0 Å². The third-order valence-electron chi connectivity index (χ3n) is 3.38. The van der Waals surface area contributed by atoms with Gasteiger partial charge in [-0.25, -0.2) is 0 Å². The standard InChI is InChI=1S/C14H20N2OS/c1-16(14(17)10-15)11-6-8-13(9-7-11)18-12-4-2-3-5-12/h6-9,12H,2-5,10,15H2,1H3. The molecule has 98 valence electrons. The summed E-state index contributed by atoms with van der Waals surface area (Å²) in [4.78, 5) is 14.4. The quantitative estimate of drug-likeness (QED) is 0.909. The molecular formula is C14H20N2OS. The number of nitrogens with zero attached hydrogens (tertiary/aromatic N) is 1. The Hall–Kier alpha value is -1.00. The number of carbonyl (C=O) groups is 1. The Morgan fingerprint density at radius 2 is 1.94 bits per heavy atom. The van der Waals surface area contributed by atoms with Gasteiger partial charge in [0.2, 0.25) is 5.91 Å². The van der Waals surface area contributed by atoms with Gasteiger partial charge in [-0.05, 0) is 37.1 Å². The van der Waals surface area contributed by atoms with Crippen LogP contribution >= 0.6 is 11.8 Å². The van der Waals surface area contributed by atoms with Gasteiger partial charge in [0.1, 0.15) is 0 Å².